The second-order valence-electron chi connectivity index (χ2n) is 7.77. The molecule has 31 heavy (non-hydrogen) atoms. The van der Waals surface area contributed by atoms with Crippen molar-refractivity contribution >= 4 is 21.9 Å². The second-order valence-corrected chi connectivity index (χ2v) is 9.48. The summed E-state index contributed by atoms with van der Waals surface area (Å²) in [5, 5.41) is 0. The predicted octanol–water partition coefficient (Wildman–Crippen LogP) is 2.96. The van der Waals surface area contributed by atoms with E-state index in [4.69, 9.17) is 4.74 Å². The van der Waals surface area contributed by atoms with Crippen molar-refractivity contribution in [2.45, 2.75) is 50.2 Å². The third kappa shape index (κ3) is 5.92. The molecule has 166 valence electrons. The van der Waals surface area contributed by atoms with Gasteiger partial charge in [0.05, 0.1) is 4.90 Å². The Bertz CT molecular complexity index is 1000. The number of carbonyl (C=O) groups excluding carboxylic acids is 2. The van der Waals surface area contributed by atoms with Crippen LogP contribution in [0.3, 0.4) is 0 Å². The van der Waals surface area contributed by atoms with Crippen molar-refractivity contribution in [1.82, 2.24) is 9.62 Å². The minimum absolute atomic E-state index is 0.0572. The van der Waals surface area contributed by atoms with Crippen molar-refractivity contribution in [3.05, 3.63) is 65.7 Å². The fraction of sp³-hybridized carbons (Fsp3) is 0.391. The third-order valence-electron chi connectivity index (χ3n) is 5.25. The van der Waals surface area contributed by atoms with Crippen LogP contribution < -0.4 is 4.72 Å². The van der Waals surface area contributed by atoms with Crippen LogP contribution >= 0.6 is 0 Å². The molecule has 0 spiro atoms. The molecule has 0 aromatic heterocycles. The number of amides is 1. The monoisotopic (exact) mass is 444 g/mol. The van der Waals surface area contributed by atoms with Crippen LogP contribution in [0, 0.1) is 6.92 Å². The first-order chi connectivity index (χ1) is 14.8. The third-order valence-corrected chi connectivity index (χ3v) is 6.80. The Balaban J connectivity index is 1.74. The van der Waals surface area contributed by atoms with Gasteiger partial charge in [-0.15, -0.1) is 0 Å². The lowest BCUT2D eigenvalue weighted by Gasteiger charge is -2.30. The Labute approximate surface area is 183 Å². The molecule has 1 heterocycles. The molecule has 0 radical (unpaired) electrons. The molecule has 8 heteroatoms. The highest BCUT2D eigenvalue weighted by Crippen LogP contribution is 2.23. The first-order valence-corrected chi connectivity index (χ1v) is 11.9. The van der Waals surface area contributed by atoms with Crippen LogP contribution in [-0.4, -0.2) is 44.3 Å². The number of nitrogens with one attached hydrogen (secondary N) is 1. The summed E-state index contributed by atoms with van der Waals surface area (Å²) in [6.07, 6.45) is 1.78. The van der Waals surface area contributed by atoms with Gasteiger partial charge in [0.15, 0.2) is 0 Å². The van der Waals surface area contributed by atoms with Crippen LogP contribution in [-0.2, 0) is 24.3 Å². The van der Waals surface area contributed by atoms with Crippen molar-refractivity contribution < 1.29 is 22.7 Å². The van der Waals surface area contributed by atoms with Crippen LogP contribution in [0.1, 0.15) is 43.4 Å². The largest absolute Gasteiger partial charge is 0.446 e. The molecule has 1 aliphatic heterocycles. The number of hydrogen-bond donors (Lipinski definition) is 1. The molecule has 0 saturated carbocycles. The van der Waals surface area contributed by atoms with Gasteiger partial charge in [0.1, 0.15) is 6.04 Å². The molecule has 0 bridgehead atoms. The first-order valence-electron chi connectivity index (χ1n) is 10.4. The highest BCUT2D eigenvalue weighted by atomic mass is 32.2. The van der Waals surface area contributed by atoms with Crippen molar-refractivity contribution in [2.75, 3.05) is 13.1 Å². The SMILES string of the molecule is Cc1ccc(S(=O)(=O)N[C@@H](C)C(=O)OC(C(=O)N2CCCCC2)c2ccccc2)cc1. The number of sulfonamides is 1. The van der Waals surface area contributed by atoms with Crippen molar-refractivity contribution in [2.24, 2.45) is 0 Å². The molecule has 1 unspecified atom stereocenters. The van der Waals surface area contributed by atoms with Gasteiger partial charge in [-0.25, -0.2) is 8.42 Å². The molecule has 1 amide bonds. The molecule has 0 aliphatic carbocycles. The number of benzene rings is 2. The number of esters is 1. The van der Waals surface area contributed by atoms with E-state index in [0.717, 1.165) is 24.8 Å². The standard InChI is InChI=1S/C23H28N2O5S/c1-17-11-13-20(14-12-17)31(28,29)24-18(2)23(27)30-21(19-9-5-3-6-10-19)22(26)25-15-7-4-8-16-25/h3,5-6,9-14,18,21,24H,4,7-8,15-16H2,1-2H3/t18-,21?/m0/s1. The maximum atomic E-state index is 13.1. The highest BCUT2D eigenvalue weighted by Gasteiger charge is 2.32. The normalized spacial score (nSPS) is 16.4. The van der Waals surface area contributed by atoms with Gasteiger partial charge in [-0.05, 0) is 45.2 Å². The maximum Gasteiger partial charge on any atom is 0.325 e. The lowest BCUT2D eigenvalue weighted by Crippen LogP contribution is -2.43. The van der Waals surface area contributed by atoms with Gasteiger partial charge < -0.3 is 9.64 Å². The van der Waals surface area contributed by atoms with Crippen molar-refractivity contribution in [1.29, 1.82) is 0 Å². The number of ether oxygens (including phenoxy) is 1. The van der Waals surface area contributed by atoms with Crippen LogP contribution in [0.15, 0.2) is 59.5 Å². The molecule has 1 aliphatic rings. The number of nitrogens with zero attached hydrogens (tertiary/aromatic N) is 1. The predicted molar refractivity (Wildman–Crippen MR) is 117 cm³/mol. The molecular weight excluding hydrogens is 416 g/mol. The molecule has 1 N–H and O–H groups in total. The Morgan fingerprint density at radius 2 is 1.58 bits per heavy atom. The first kappa shape index (κ1) is 23.0. The minimum atomic E-state index is -3.91. The second kappa shape index (κ2) is 10.1. The number of carbonyl (C=O) groups is 2. The number of aryl methyl sites for hydroxylation is 1. The van der Waals surface area contributed by atoms with Gasteiger partial charge in [-0.3, -0.25) is 9.59 Å². The van der Waals surface area contributed by atoms with Gasteiger partial charge >= 0.3 is 5.97 Å². The zero-order chi connectivity index (χ0) is 22.4. The maximum absolute atomic E-state index is 13.1. The molecule has 1 saturated heterocycles. The summed E-state index contributed by atoms with van der Waals surface area (Å²) in [6, 6.07) is 13.9. The van der Waals surface area contributed by atoms with Gasteiger partial charge in [0, 0.05) is 18.7 Å². The van der Waals surface area contributed by atoms with Gasteiger partial charge in [-0.2, -0.15) is 4.72 Å². The van der Waals surface area contributed by atoms with E-state index in [1.54, 1.807) is 41.3 Å². The lowest BCUT2D eigenvalue weighted by atomic mass is 10.1. The molecular formula is C23H28N2O5S. The Morgan fingerprint density at radius 1 is 0.968 bits per heavy atom. The summed E-state index contributed by atoms with van der Waals surface area (Å²) < 4.78 is 33.1. The molecule has 2 aromatic carbocycles. The van der Waals surface area contributed by atoms with Crippen LogP contribution in [0.4, 0.5) is 0 Å². The Kier molecular flexibility index (Phi) is 7.46. The van der Waals surface area contributed by atoms with E-state index in [-0.39, 0.29) is 10.8 Å². The number of piperidine rings is 1. The fourth-order valence-corrected chi connectivity index (χ4v) is 4.65. The molecule has 3 rings (SSSR count). The van der Waals surface area contributed by atoms with Crippen LogP contribution in [0.2, 0.25) is 0 Å². The van der Waals surface area contributed by atoms with Crippen LogP contribution in [0.25, 0.3) is 0 Å². The highest BCUT2D eigenvalue weighted by molar-refractivity contribution is 7.89. The van der Waals surface area contributed by atoms with E-state index in [2.05, 4.69) is 4.72 Å². The Hall–Kier alpha value is -2.71. The summed E-state index contributed by atoms with van der Waals surface area (Å²) in [5.74, 6) is -1.09. The molecule has 2 atom stereocenters. The topological polar surface area (TPSA) is 92.8 Å². The summed E-state index contributed by atoms with van der Waals surface area (Å²) in [5.41, 5.74) is 1.48. The quantitative estimate of drug-likeness (QED) is 0.663. The summed E-state index contributed by atoms with van der Waals surface area (Å²) in [6.45, 7) is 4.50. The average Bonchev–Trinajstić information content (AvgIpc) is 2.78. The van der Waals surface area contributed by atoms with E-state index in [0.29, 0.717) is 18.7 Å². The molecule has 2 aromatic rings. The summed E-state index contributed by atoms with van der Waals surface area (Å²) in [7, 11) is -3.91. The fourth-order valence-electron chi connectivity index (χ4n) is 3.45. The number of rotatable bonds is 7. The van der Waals surface area contributed by atoms with E-state index < -0.39 is 28.1 Å². The summed E-state index contributed by atoms with van der Waals surface area (Å²) in [4.78, 5) is 27.6. The van der Waals surface area contributed by atoms with Gasteiger partial charge in [-0.1, -0.05) is 48.0 Å². The van der Waals surface area contributed by atoms with E-state index in [1.807, 2.05) is 13.0 Å². The van der Waals surface area contributed by atoms with Crippen molar-refractivity contribution in [3.8, 4) is 0 Å². The van der Waals surface area contributed by atoms with E-state index in [1.165, 1.54) is 19.1 Å². The van der Waals surface area contributed by atoms with Crippen molar-refractivity contribution in [3.63, 3.8) is 0 Å². The van der Waals surface area contributed by atoms with Gasteiger partial charge in [0.25, 0.3) is 5.91 Å². The molecule has 7 nitrogen and oxygen atoms in total. The zero-order valence-electron chi connectivity index (χ0n) is 17.8. The number of hydrogen-bond acceptors (Lipinski definition) is 5. The molecule has 1 fully saturated rings. The average molecular weight is 445 g/mol. The lowest BCUT2D eigenvalue weighted by molar-refractivity contribution is -0.162. The minimum Gasteiger partial charge on any atom is -0.446 e. The van der Waals surface area contributed by atoms with E-state index >= 15 is 0 Å². The summed E-state index contributed by atoms with van der Waals surface area (Å²) >= 11 is 0. The Morgan fingerprint density at radius 3 is 2.19 bits per heavy atom. The number of likely N-dealkylation sites (tertiary alicyclic amines) is 1. The van der Waals surface area contributed by atoms with Crippen LogP contribution in [0.5, 0.6) is 0 Å². The smallest absolute Gasteiger partial charge is 0.325 e. The zero-order valence-corrected chi connectivity index (χ0v) is 18.6. The van der Waals surface area contributed by atoms with Gasteiger partial charge in [0.2, 0.25) is 16.1 Å². The van der Waals surface area contributed by atoms with E-state index in [9.17, 15) is 18.0 Å².